The van der Waals surface area contributed by atoms with Gasteiger partial charge < -0.3 is 33.5 Å². The van der Waals surface area contributed by atoms with Crippen LogP contribution < -0.4 is 33.5 Å². The number of hydrogen-bond donors (Lipinski definition) is 0. The molecule has 0 saturated carbocycles. The van der Waals surface area contributed by atoms with Gasteiger partial charge in [0.25, 0.3) is 0 Å². The topological polar surface area (TPSA) is 104 Å². The van der Waals surface area contributed by atoms with E-state index in [2.05, 4.69) is 94.8 Å². The Bertz CT molecular complexity index is 2740. The highest BCUT2D eigenvalue weighted by Gasteiger charge is 2.20. The molecule has 6 rings (SSSR count). The van der Waals surface area contributed by atoms with Crippen molar-refractivity contribution in [2.75, 3.05) is 23.0 Å². The van der Waals surface area contributed by atoms with Crippen LogP contribution in [0.1, 0.15) is 86.5 Å². The molecule has 0 aliphatic rings. The fraction of sp³-hybridized carbons (Fsp3) is 0.262. The highest BCUT2D eigenvalue weighted by molar-refractivity contribution is 5.88. The monoisotopic (exact) mass is 954 g/mol. The van der Waals surface area contributed by atoms with Crippen molar-refractivity contribution in [3.05, 3.63) is 188 Å². The molecule has 6 aromatic carbocycles. The zero-order valence-electron chi connectivity index (χ0n) is 41.6. The lowest BCUT2D eigenvalue weighted by Gasteiger charge is -2.27. The molecule has 0 heterocycles. The zero-order valence-corrected chi connectivity index (χ0v) is 41.6. The molecule has 0 aliphatic carbocycles. The lowest BCUT2D eigenvalue weighted by atomic mass is 10.1. The van der Waals surface area contributed by atoms with Gasteiger partial charge in [0.15, 0.2) is 11.5 Å². The largest absolute Gasteiger partial charge is 0.494 e. The summed E-state index contributed by atoms with van der Waals surface area (Å²) in [5, 5.41) is 0. The Kier molecular flexibility index (Phi) is 19.8. The van der Waals surface area contributed by atoms with Gasteiger partial charge in [-0.1, -0.05) is 83.2 Å². The van der Waals surface area contributed by atoms with Crippen molar-refractivity contribution in [1.82, 2.24) is 0 Å². The molecular formula is C61H66N2O8. The van der Waals surface area contributed by atoms with Crippen molar-refractivity contribution in [3.63, 3.8) is 0 Å². The molecule has 0 aromatic heterocycles. The van der Waals surface area contributed by atoms with E-state index in [0.29, 0.717) is 24.7 Å². The number of ether oxygens (including phenoxy) is 5. The number of benzene rings is 6. The molecule has 0 unspecified atom stereocenters. The Morgan fingerprint density at radius 2 is 0.690 bits per heavy atom. The van der Waals surface area contributed by atoms with E-state index < -0.39 is 17.9 Å². The third-order valence-electron chi connectivity index (χ3n) is 12.2. The number of esters is 3. The minimum absolute atomic E-state index is 0.0741. The summed E-state index contributed by atoms with van der Waals surface area (Å²) < 4.78 is 28.4. The van der Waals surface area contributed by atoms with Crippen LogP contribution in [-0.2, 0) is 14.4 Å². The molecule has 10 nitrogen and oxygen atoms in total. The summed E-state index contributed by atoms with van der Waals surface area (Å²) in [6, 6.07) is 41.3. The van der Waals surface area contributed by atoms with Gasteiger partial charge in [0, 0.05) is 52.7 Å². The molecular weight excluding hydrogens is 889 g/mol. The average Bonchev–Trinajstić information content (AvgIpc) is 3.38. The maximum atomic E-state index is 12.3. The van der Waals surface area contributed by atoms with Gasteiger partial charge in [0.05, 0.1) is 18.9 Å². The number of carbonyl (C=O) groups is 3. The Labute approximate surface area is 419 Å². The standard InChI is InChI=1S/C61H66N2O8/c1-8-59(64)69-56-36-29-49(30-37-56)62(51-23-21-44(4)46(6)41-51)48-25-32-54(33-26-48)67-39-19-17-15-13-11-12-14-16-18-20-40-68-55-34-27-50(28-35-55)63(52-24-22-45(5)47(7)42-52)53-31-38-57(70-60(65)9-2)58(43-53)71-61(66)10-3/h8-10,21-38,41-43H,1-3,11-20,39-40H2,4-7H3. The van der Waals surface area contributed by atoms with E-state index in [9.17, 15) is 14.4 Å². The van der Waals surface area contributed by atoms with E-state index >= 15 is 0 Å². The molecule has 368 valence electrons. The first kappa shape index (κ1) is 52.5. The predicted molar refractivity (Wildman–Crippen MR) is 286 cm³/mol. The summed E-state index contributed by atoms with van der Waals surface area (Å²) in [5.41, 5.74) is 10.1. The summed E-state index contributed by atoms with van der Waals surface area (Å²) >= 11 is 0. The van der Waals surface area contributed by atoms with Gasteiger partial charge in [-0.2, -0.15) is 0 Å². The van der Waals surface area contributed by atoms with Crippen LogP contribution >= 0.6 is 0 Å². The third kappa shape index (κ3) is 15.6. The molecule has 0 N–H and O–H groups in total. The fourth-order valence-corrected chi connectivity index (χ4v) is 7.93. The number of rotatable bonds is 27. The summed E-state index contributed by atoms with van der Waals surface area (Å²) in [5.74, 6) is 0.415. The van der Waals surface area contributed by atoms with E-state index in [0.717, 1.165) is 95.0 Å². The van der Waals surface area contributed by atoms with Gasteiger partial charge in [-0.25, -0.2) is 14.4 Å². The predicted octanol–water partition coefficient (Wildman–Crippen LogP) is 15.5. The number of unbranched alkanes of at least 4 members (excludes halogenated alkanes) is 9. The first-order valence-electron chi connectivity index (χ1n) is 24.4. The van der Waals surface area contributed by atoms with Crippen LogP contribution in [0, 0.1) is 27.7 Å². The third-order valence-corrected chi connectivity index (χ3v) is 12.2. The molecule has 0 fully saturated rings. The molecule has 0 atom stereocenters. The van der Waals surface area contributed by atoms with E-state index in [1.54, 1.807) is 30.3 Å². The van der Waals surface area contributed by atoms with Crippen LogP contribution in [0.2, 0.25) is 0 Å². The lowest BCUT2D eigenvalue weighted by molar-refractivity contribution is -0.131. The Hall–Kier alpha value is -7.85. The number of aryl methyl sites for hydroxylation is 4. The molecule has 0 spiro atoms. The van der Waals surface area contributed by atoms with Crippen LogP contribution in [0.15, 0.2) is 165 Å². The van der Waals surface area contributed by atoms with Crippen molar-refractivity contribution in [3.8, 4) is 28.7 Å². The average molecular weight is 955 g/mol. The van der Waals surface area contributed by atoms with Crippen LogP contribution in [0.25, 0.3) is 0 Å². The second kappa shape index (κ2) is 26.8. The van der Waals surface area contributed by atoms with E-state index in [1.807, 2.05) is 59.5 Å². The van der Waals surface area contributed by atoms with Gasteiger partial charge >= 0.3 is 17.9 Å². The van der Waals surface area contributed by atoms with Gasteiger partial charge in [-0.05, 0) is 172 Å². The summed E-state index contributed by atoms with van der Waals surface area (Å²) in [7, 11) is 0. The smallest absolute Gasteiger partial charge is 0.335 e. The van der Waals surface area contributed by atoms with Crippen molar-refractivity contribution >= 4 is 52.0 Å². The van der Waals surface area contributed by atoms with Crippen molar-refractivity contribution in [1.29, 1.82) is 0 Å². The quantitative estimate of drug-likeness (QED) is 0.0215. The Balaban J connectivity index is 0.887. The molecule has 0 saturated heterocycles. The Morgan fingerprint density at radius 3 is 1.10 bits per heavy atom. The van der Waals surface area contributed by atoms with Crippen LogP contribution in [-0.4, -0.2) is 31.1 Å². The minimum Gasteiger partial charge on any atom is -0.494 e. The highest BCUT2D eigenvalue weighted by atomic mass is 16.6. The van der Waals surface area contributed by atoms with Crippen molar-refractivity contribution < 1.29 is 38.1 Å². The number of anilines is 6. The molecule has 0 aliphatic heterocycles. The summed E-state index contributed by atoms with van der Waals surface area (Å²) in [6.07, 6.45) is 14.9. The van der Waals surface area contributed by atoms with Crippen molar-refractivity contribution in [2.24, 2.45) is 0 Å². The van der Waals surface area contributed by atoms with Gasteiger partial charge in [-0.15, -0.1) is 0 Å². The van der Waals surface area contributed by atoms with E-state index in [-0.39, 0.29) is 11.5 Å². The molecule has 0 bridgehead atoms. The summed E-state index contributed by atoms with van der Waals surface area (Å²) in [6.45, 7) is 20.1. The number of hydrogen-bond acceptors (Lipinski definition) is 10. The number of carbonyl (C=O) groups excluding carboxylic acids is 3. The molecule has 6 aromatic rings. The fourth-order valence-electron chi connectivity index (χ4n) is 7.93. The van der Waals surface area contributed by atoms with E-state index in [4.69, 9.17) is 23.7 Å². The second-order valence-corrected chi connectivity index (χ2v) is 17.4. The van der Waals surface area contributed by atoms with Gasteiger partial charge in [-0.3, -0.25) is 0 Å². The molecule has 71 heavy (non-hydrogen) atoms. The molecule has 0 radical (unpaired) electrons. The maximum absolute atomic E-state index is 12.3. The zero-order chi connectivity index (χ0) is 50.5. The molecule has 0 amide bonds. The van der Waals surface area contributed by atoms with Crippen LogP contribution in [0.5, 0.6) is 28.7 Å². The minimum atomic E-state index is -0.681. The Morgan fingerprint density at radius 1 is 0.366 bits per heavy atom. The number of nitrogens with zero attached hydrogens (tertiary/aromatic N) is 2. The van der Waals surface area contributed by atoms with Gasteiger partial charge in [0.1, 0.15) is 17.2 Å². The molecule has 10 heteroatoms. The first-order valence-corrected chi connectivity index (χ1v) is 24.4. The maximum Gasteiger partial charge on any atom is 0.335 e. The lowest BCUT2D eigenvalue weighted by Crippen LogP contribution is -2.13. The van der Waals surface area contributed by atoms with Gasteiger partial charge in [0.2, 0.25) is 0 Å². The highest BCUT2D eigenvalue weighted by Crippen LogP contribution is 2.41. The van der Waals surface area contributed by atoms with Crippen LogP contribution in [0.4, 0.5) is 34.1 Å². The van der Waals surface area contributed by atoms with E-state index in [1.165, 1.54) is 49.7 Å². The summed E-state index contributed by atoms with van der Waals surface area (Å²) in [4.78, 5) is 40.2. The first-order chi connectivity index (χ1) is 34.5. The second-order valence-electron chi connectivity index (χ2n) is 17.4. The van der Waals surface area contributed by atoms with Crippen LogP contribution in [0.3, 0.4) is 0 Å². The van der Waals surface area contributed by atoms with Crippen molar-refractivity contribution in [2.45, 2.75) is 91.9 Å². The SMILES string of the molecule is C=CC(=O)Oc1ccc(N(c2ccc(OCCCCCCCCCCCCOc3ccc(N(c4ccc(C)c(C)c4)c4ccc(OC(=O)C=C)c(OC(=O)C=C)c4)cc3)cc2)c2ccc(C)c(C)c2)cc1. The normalized spacial score (nSPS) is 10.7.